The molecule has 0 aromatic carbocycles. The first kappa shape index (κ1) is 17.0. The van der Waals surface area contributed by atoms with Gasteiger partial charge in [0.2, 0.25) is 0 Å². The molecule has 0 aliphatic rings. The molecule has 4 rings (SSSR count). The second kappa shape index (κ2) is 6.08. The Bertz CT molecular complexity index is 1150. The van der Waals surface area contributed by atoms with Gasteiger partial charge >= 0.3 is 6.18 Å². The zero-order valence-corrected chi connectivity index (χ0v) is 13.9. The zero-order valence-electron chi connectivity index (χ0n) is 13.9. The first-order chi connectivity index (χ1) is 12.8. The van der Waals surface area contributed by atoms with Crippen molar-refractivity contribution < 1.29 is 18.0 Å². The van der Waals surface area contributed by atoms with E-state index in [0.717, 1.165) is 23.4 Å². The molecule has 2 N–H and O–H groups in total. The van der Waals surface area contributed by atoms with E-state index in [1.54, 1.807) is 30.7 Å². The van der Waals surface area contributed by atoms with E-state index in [1.807, 2.05) is 5.32 Å². The van der Waals surface area contributed by atoms with Gasteiger partial charge in [0.15, 0.2) is 0 Å². The first-order valence-electron chi connectivity index (χ1n) is 7.97. The van der Waals surface area contributed by atoms with Gasteiger partial charge in [-0.1, -0.05) is 0 Å². The Morgan fingerprint density at radius 3 is 2.93 bits per heavy atom. The van der Waals surface area contributed by atoms with Crippen LogP contribution >= 0.6 is 0 Å². The highest BCUT2D eigenvalue weighted by Gasteiger charge is 2.37. The Morgan fingerprint density at radius 1 is 1.33 bits per heavy atom. The van der Waals surface area contributed by atoms with E-state index in [0.29, 0.717) is 11.2 Å². The van der Waals surface area contributed by atoms with Gasteiger partial charge in [0, 0.05) is 29.5 Å². The van der Waals surface area contributed by atoms with Gasteiger partial charge in [-0.2, -0.15) is 18.3 Å². The number of aromatic amines is 1. The van der Waals surface area contributed by atoms with Crippen LogP contribution in [0.1, 0.15) is 17.3 Å². The van der Waals surface area contributed by atoms with Crippen LogP contribution in [0, 0.1) is 0 Å². The van der Waals surface area contributed by atoms with Crippen LogP contribution in [0.4, 0.5) is 13.2 Å². The molecule has 4 aromatic rings. The Balaban J connectivity index is 1.74. The molecule has 1 atom stereocenters. The number of hydrogen-bond donors (Lipinski definition) is 2. The molecule has 0 aliphatic heterocycles. The van der Waals surface area contributed by atoms with E-state index in [2.05, 4.69) is 20.1 Å². The molecule has 0 radical (unpaired) electrons. The fraction of sp³-hybridized carbons (Fsp3) is 0.176. The fourth-order valence-corrected chi connectivity index (χ4v) is 2.78. The second-order valence-electron chi connectivity index (χ2n) is 6.03. The third-order valence-corrected chi connectivity index (χ3v) is 4.27. The average Bonchev–Trinajstić information content (AvgIpc) is 3.24. The highest BCUT2D eigenvalue weighted by atomic mass is 19.4. The third kappa shape index (κ3) is 2.98. The van der Waals surface area contributed by atoms with Crippen molar-refractivity contribution in [1.29, 1.82) is 0 Å². The molecule has 27 heavy (non-hydrogen) atoms. The molecule has 0 fully saturated rings. The van der Waals surface area contributed by atoms with Crippen LogP contribution in [0.2, 0.25) is 0 Å². The Morgan fingerprint density at radius 2 is 2.15 bits per heavy atom. The van der Waals surface area contributed by atoms with E-state index in [4.69, 9.17) is 0 Å². The zero-order chi connectivity index (χ0) is 19.2. The van der Waals surface area contributed by atoms with Crippen molar-refractivity contribution in [2.45, 2.75) is 19.1 Å². The number of rotatable bonds is 3. The van der Waals surface area contributed by atoms with Crippen molar-refractivity contribution in [2.24, 2.45) is 0 Å². The Hall–Kier alpha value is -3.43. The molecule has 4 heterocycles. The van der Waals surface area contributed by atoms with Crippen LogP contribution in [-0.2, 0) is 0 Å². The molecule has 0 bridgehead atoms. The minimum atomic E-state index is -4.52. The molecule has 138 valence electrons. The van der Waals surface area contributed by atoms with Crippen LogP contribution in [0.5, 0.6) is 0 Å². The number of H-pyrrole nitrogens is 1. The number of carbonyl (C=O) groups is 1. The van der Waals surface area contributed by atoms with Gasteiger partial charge in [-0.25, -0.2) is 14.5 Å². The van der Waals surface area contributed by atoms with E-state index >= 15 is 0 Å². The molecule has 0 spiro atoms. The molecule has 1 amide bonds. The average molecular weight is 374 g/mol. The smallest absolute Gasteiger partial charge is 0.345 e. The minimum absolute atomic E-state index is 0.0593. The lowest BCUT2D eigenvalue weighted by atomic mass is 10.1. The van der Waals surface area contributed by atoms with Crippen LogP contribution in [0.3, 0.4) is 0 Å². The number of fused-ring (bicyclic) bond motifs is 2. The number of pyridine rings is 1. The predicted molar refractivity (Wildman–Crippen MR) is 91.1 cm³/mol. The van der Waals surface area contributed by atoms with Crippen molar-refractivity contribution in [1.82, 2.24) is 29.9 Å². The number of hydrogen-bond acceptors (Lipinski definition) is 4. The summed E-state index contributed by atoms with van der Waals surface area (Å²) in [4.78, 5) is 23.5. The monoisotopic (exact) mass is 374 g/mol. The molecule has 0 saturated heterocycles. The predicted octanol–water partition coefficient (Wildman–Crippen LogP) is 2.95. The molecule has 7 nitrogen and oxygen atoms in total. The molecular weight excluding hydrogens is 361 g/mol. The number of aromatic nitrogens is 5. The summed E-state index contributed by atoms with van der Waals surface area (Å²) in [5.74, 6) is -0.839. The van der Waals surface area contributed by atoms with Crippen molar-refractivity contribution in [3.63, 3.8) is 0 Å². The number of nitrogens with zero attached hydrogens (tertiary/aromatic N) is 4. The molecule has 1 unspecified atom stereocenters. The van der Waals surface area contributed by atoms with E-state index in [9.17, 15) is 18.0 Å². The van der Waals surface area contributed by atoms with Gasteiger partial charge in [-0.3, -0.25) is 4.79 Å². The van der Waals surface area contributed by atoms with Crippen LogP contribution in [0.15, 0.2) is 43.2 Å². The van der Waals surface area contributed by atoms with Crippen molar-refractivity contribution in [2.75, 3.05) is 0 Å². The highest BCUT2D eigenvalue weighted by Crippen LogP contribution is 2.28. The van der Waals surface area contributed by atoms with E-state index in [1.165, 1.54) is 17.0 Å². The molecule has 4 aromatic heterocycles. The molecular formula is C17H13F3N6O. The molecule has 10 heteroatoms. The third-order valence-electron chi connectivity index (χ3n) is 4.27. The summed E-state index contributed by atoms with van der Waals surface area (Å²) in [7, 11) is 0. The normalized spacial score (nSPS) is 13.2. The fourth-order valence-electron chi connectivity index (χ4n) is 2.78. The summed E-state index contributed by atoms with van der Waals surface area (Å²) >= 11 is 0. The summed E-state index contributed by atoms with van der Waals surface area (Å²) in [6.07, 6.45) is 3.20. The van der Waals surface area contributed by atoms with Crippen molar-refractivity contribution in [3.05, 3.63) is 48.8 Å². The topological polar surface area (TPSA) is 88.0 Å². The number of carbonyl (C=O) groups excluding carboxylic acids is 1. The van der Waals surface area contributed by atoms with Crippen molar-refractivity contribution >= 4 is 22.5 Å². The van der Waals surface area contributed by atoms with Crippen molar-refractivity contribution in [3.8, 4) is 11.1 Å². The van der Waals surface area contributed by atoms with E-state index in [-0.39, 0.29) is 5.56 Å². The summed E-state index contributed by atoms with van der Waals surface area (Å²) in [6.45, 7) is 0.890. The quantitative estimate of drug-likeness (QED) is 0.577. The summed E-state index contributed by atoms with van der Waals surface area (Å²) in [5.41, 5.74) is 2.67. The number of halogens is 3. The summed E-state index contributed by atoms with van der Waals surface area (Å²) in [6, 6.07) is 1.51. The van der Waals surface area contributed by atoms with Gasteiger partial charge in [0.25, 0.3) is 5.91 Å². The van der Waals surface area contributed by atoms with Gasteiger partial charge in [-0.05, 0) is 24.6 Å². The van der Waals surface area contributed by atoms with Crippen LogP contribution in [0.25, 0.3) is 27.7 Å². The SMILES string of the molecule is CC(NC(=O)c1cnn2ccc(-c3c[nH]c4ncncc34)cc12)C(F)(F)F. The molecule has 0 saturated carbocycles. The largest absolute Gasteiger partial charge is 0.408 e. The van der Waals surface area contributed by atoms with Gasteiger partial charge < -0.3 is 10.3 Å². The maximum atomic E-state index is 12.7. The summed E-state index contributed by atoms with van der Waals surface area (Å²) < 4.78 is 39.6. The minimum Gasteiger partial charge on any atom is -0.345 e. The standard InChI is InChI=1S/C17H13F3N6O/c1-9(17(18,19)20)25-16(27)13-7-24-26-3-2-10(4-14(13)26)11-6-22-15-12(11)5-21-8-23-15/h2-9H,1H3,(H,25,27)(H,21,22,23). The molecule has 0 aliphatic carbocycles. The lowest BCUT2D eigenvalue weighted by molar-refractivity contribution is -0.149. The van der Waals surface area contributed by atoms with E-state index < -0.39 is 18.1 Å². The number of nitrogens with one attached hydrogen (secondary N) is 2. The number of amides is 1. The number of alkyl halides is 3. The maximum Gasteiger partial charge on any atom is 0.408 e. The second-order valence-corrected chi connectivity index (χ2v) is 6.03. The van der Waals surface area contributed by atoms with Gasteiger partial charge in [0.05, 0.1) is 17.3 Å². The van der Waals surface area contributed by atoms with Crippen LogP contribution < -0.4 is 5.32 Å². The lowest BCUT2D eigenvalue weighted by Gasteiger charge is -2.16. The maximum absolute atomic E-state index is 12.7. The van der Waals surface area contributed by atoms with Crippen LogP contribution in [-0.4, -0.2) is 42.7 Å². The Labute approximate surface area is 150 Å². The Kier molecular flexibility index (Phi) is 3.83. The van der Waals surface area contributed by atoms with Gasteiger partial charge in [-0.15, -0.1) is 0 Å². The highest BCUT2D eigenvalue weighted by molar-refractivity contribution is 6.02. The lowest BCUT2D eigenvalue weighted by Crippen LogP contribution is -2.43. The van der Waals surface area contributed by atoms with Gasteiger partial charge in [0.1, 0.15) is 18.0 Å². The first-order valence-corrected chi connectivity index (χ1v) is 7.97. The summed E-state index contributed by atoms with van der Waals surface area (Å²) in [5, 5.41) is 6.78.